The van der Waals surface area contributed by atoms with Crippen molar-refractivity contribution >= 4 is 39.2 Å². The molecular formula is C56H41N3. The van der Waals surface area contributed by atoms with E-state index in [-0.39, 0.29) is 5.41 Å². The van der Waals surface area contributed by atoms with Crippen LogP contribution in [0, 0.1) is 5.41 Å². The van der Waals surface area contributed by atoms with Gasteiger partial charge in [-0.25, -0.2) is 0 Å². The molecule has 1 aromatic heterocycles. The van der Waals surface area contributed by atoms with E-state index in [1.54, 1.807) is 6.20 Å². The number of benzene rings is 8. The molecule has 0 aliphatic heterocycles. The van der Waals surface area contributed by atoms with Gasteiger partial charge in [0.1, 0.15) is 0 Å². The summed E-state index contributed by atoms with van der Waals surface area (Å²) in [6.45, 7) is 4.74. The van der Waals surface area contributed by atoms with Crippen molar-refractivity contribution in [2.45, 2.75) is 19.3 Å². The fourth-order valence-corrected chi connectivity index (χ4v) is 8.89. The summed E-state index contributed by atoms with van der Waals surface area (Å²) in [6, 6.07) is 64.4. The number of aliphatic imine (C=N–C) groups is 1. The summed E-state index contributed by atoms with van der Waals surface area (Å²) in [4.78, 5) is 9.40. The van der Waals surface area contributed by atoms with Crippen LogP contribution in [0.3, 0.4) is 0 Å². The summed E-state index contributed by atoms with van der Waals surface area (Å²) < 4.78 is 0. The molecule has 0 radical (unpaired) electrons. The monoisotopic (exact) mass is 755 g/mol. The van der Waals surface area contributed by atoms with E-state index in [4.69, 9.17) is 10.4 Å². The molecule has 0 spiro atoms. The first-order chi connectivity index (χ1) is 28.9. The topological polar surface area (TPSA) is 49.1 Å². The molecule has 1 aliphatic rings. The van der Waals surface area contributed by atoms with Crippen molar-refractivity contribution in [2.24, 2.45) is 4.99 Å². The van der Waals surface area contributed by atoms with Crippen molar-refractivity contribution in [3.8, 4) is 44.5 Å². The van der Waals surface area contributed by atoms with Crippen LogP contribution < -0.4 is 0 Å². The summed E-state index contributed by atoms with van der Waals surface area (Å²) in [6.07, 6.45) is 7.45. The molecule has 59 heavy (non-hydrogen) atoms. The first kappa shape index (κ1) is 35.9. The van der Waals surface area contributed by atoms with E-state index in [0.29, 0.717) is 11.4 Å². The first-order valence-electron chi connectivity index (χ1n) is 20.1. The molecule has 3 nitrogen and oxygen atoms in total. The Kier molecular flexibility index (Phi) is 8.99. The van der Waals surface area contributed by atoms with Crippen LogP contribution in [0.25, 0.3) is 71.7 Å². The van der Waals surface area contributed by atoms with Gasteiger partial charge in [0.15, 0.2) is 0 Å². The molecule has 0 atom stereocenters. The van der Waals surface area contributed by atoms with Gasteiger partial charge in [-0.15, -0.1) is 0 Å². The minimum absolute atomic E-state index is 0.150. The van der Waals surface area contributed by atoms with Gasteiger partial charge in [-0.3, -0.25) is 9.98 Å². The highest BCUT2D eigenvalue weighted by Gasteiger charge is 2.37. The van der Waals surface area contributed by atoms with Crippen LogP contribution >= 0.6 is 0 Å². The van der Waals surface area contributed by atoms with Crippen LogP contribution in [0.4, 0.5) is 0 Å². The van der Waals surface area contributed by atoms with Gasteiger partial charge < -0.3 is 5.41 Å². The molecule has 3 heteroatoms. The number of nitrogens with zero attached hydrogens (tertiary/aromatic N) is 2. The molecule has 10 rings (SSSR count). The highest BCUT2D eigenvalue weighted by molar-refractivity contribution is 6.12. The number of allylic oxidation sites excluding steroid dienone is 1. The number of aromatic nitrogens is 1. The second-order valence-corrected chi connectivity index (χ2v) is 15.8. The molecule has 1 heterocycles. The summed E-state index contributed by atoms with van der Waals surface area (Å²) in [5, 5.41) is 13.8. The fourth-order valence-electron chi connectivity index (χ4n) is 8.89. The zero-order valence-corrected chi connectivity index (χ0v) is 33.0. The minimum Gasteiger partial charge on any atom is -0.300 e. The number of nitrogens with one attached hydrogen (secondary N) is 1. The SMILES string of the molecule is CC1(C)c2cc3ccccc3cc2-c2cccc(-c3cccc(-c4ccc(C=N/C(=C\C(=N)c5ccccc5)c5ccc(-c6cccnc6)cc5)c5ccccc45)c3)c21. The molecule has 0 amide bonds. The maximum absolute atomic E-state index is 8.97. The zero-order valence-electron chi connectivity index (χ0n) is 33.0. The van der Waals surface area contributed by atoms with Gasteiger partial charge in [-0.1, -0.05) is 172 Å². The molecule has 9 aromatic rings. The average Bonchev–Trinajstić information content (AvgIpc) is 3.52. The van der Waals surface area contributed by atoms with Crippen molar-refractivity contribution in [1.82, 2.24) is 4.98 Å². The van der Waals surface area contributed by atoms with Crippen molar-refractivity contribution in [2.75, 3.05) is 0 Å². The van der Waals surface area contributed by atoms with Crippen LogP contribution in [0.1, 0.15) is 41.7 Å². The zero-order chi connectivity index (χ0) is 39.9. The highest BCUT2D eigenvalue weighted by Crippen LogP contribution is 2.53. The van der Waals surface area contributed by atoms with Gasteiger partial charge in [-0.05, 0) is 113 Å². The van der Waals surface area contributed by atoms with Gasteiger partial charge >= 0.3 is 0 Å². The van der Waals surface area contributed by atoms with Crippen molar-refractivity contribution in [3.05, 3.63) is 228 Å². The molecule has 0 saturated heterocycles. The molecule has 0 unspecified atom stereocenters. The van der Waals surface area contributed by atoms with E-state index in [1.807, 2.05) is 54.9 Å². The predicted molar refractivity (Wildman–Crippen MR) is 248 cm³/mol. The smallest absolute Gasteiger partial charge is 0.0723 e. The Morgan fingerprint density at radius 3 is 1.98 bits per heavy atom. The molecular weight excluding hydrogens is 715 g/mol. The second-order valence-electron chi connectivity index (χ2n) is 15.8. The van der Waals surface area contributed by atoms with Crippen LogP contribution in [-0.4, -0.2) is 16.9 Å². The Labute approximate surface area is 345 Å². The minimum atomic E-state index is -0.150. The van der Waals surface area contributed by atoms with Gasteiger partial charge in [0.25, 0.3) is 0 Å². The Morgan fingerprint density at radius 2 is 1.20 bits per heavy atom. The van der Waals surface area contributed by atoms with Crippen LogP contribution in [0.15, 0.2) is 205 Å². The van der Waals surface area contributed by atoms with E-state index in [1.165, 1.54) is 55.3 Å². The van der Waals surface area contributed by atoms with Crippen LogP contribution in [0.2, 0.25) is 0 Å². The van der Waals surface area contributed by atoms with Gasteiger partial charge in [0.05, 0.1) is 11.4 Å². The third kappa shape index (κ3) is 6.57. The number of hydrogen-bond acceptors (Lipinski definition) is 3. The summed E-state index contributed by atoms with van der Waals surface area (Å²) in [5.41, 5.74) is 16.1. The fraction of sp³-hybridized carbons (Fsp3) is 0.0536. The first-order valence-corrected chi connectivity index (χ1v) is 20.1. The Morgan fingerprint density at radius 1 is 0.525 bits per heavy atom. The Bertz CT molecular complexity index is 3120. The highest BCUT2D eigenvalue weighted by atomic mass is 14.7. The van der Waals surface area contributed by atoms with Crippen molar-refractivity contribution < 1.29 is 0 Å². The van der Waals surface area contributed by atoms with E-state index in [0.717, 1.165) is 38.6 Å². The molecule has 0 saturated carbocycles. The largest absolute Gasteiger partial charge is 0.300 e. The summed E-state index contributed by atoms with van der Waals surface area (Å²) in [5.74, 6) is 0. The molecule has 280 valence electrons. The van der Waals surface area contributed by atoms with Crippen LogP contribution in [-0.2, 0) is 5.41 Å². The maximum Gasteiger partial charge on any atom is 0.0723 e. The third-order valence-electron chi connectivity index (χ3n) is 11.9. The standard InChI is InChI=1S/C56H41N3/c1-56(2)52-33-41-16-7-6-15-40(41)32-51(52)50-23-11-22-48(55(50)56)43-18-10-17-42(31-43)47-29-28-45(46-20-8-9-21-49(46)47)36-59-54(34-53(57)38-13-4-3-5-14-38)39-26-24-37(25-27-39)44-19-12-30-58-35-44/h3-36,57H,1-2H3/b54-34-,57-53?,59-36?. The Balaban J connectivity index is 1.02. The number of rotatable bonds is 8. The summed E-state index contributed by atoms with van der Waals surface area (Å²) in [7, 11) is 0. The van der Waals surface area contributed by atoms with E-state index in [2.05, 4.69) is 164 Å². The van der Waals surface area contributed by atoms with Gasteiger partial charge in [-0.2, -0.15) is 0 Å². The lowest BCUT2D eigenvalue weighted by atomic mass is 9.78. The molecule has 1 N–H and O–H groups in total. The van der Waals surface area contributed by atoms with E-state index in [9.17, 15) is 0 Å². The lowest BCUT2D eigenvalue weighted by Gasteiger charge is -2.25. The van der Waals surface area contributed by atoms with Gasteiger partial charge in [0.2, 0.25) is 0 Å². The van der Waals surface area contributed by atoms with E-state index < -0.39 is 0 Å². The lowest BCUT2D eigenvalue weighted by molar-refractivity contribution is 0.663. The third-order valence-corrected chi connectivity index (χ3v) is 11.9. The van der Waals surface area contributed by atoms with Crippen molar-refractivity contribution in [3.63, 3.8) is 0 Å². The number of pyridine rings is 1. The molecule has 0 fully saturated rings. The molecule has 1 aliphatic carbocycles. The van der Waals surface area contributed by atoms with Gasteiger partial charge in [0, 0.05) is 35.2 Å². The Hall–Kier alpha value is -7.49. The average molecular weight is 756 g/mol. The molecule has 0 bridgehead atoms. The van der Waals surface area contributed by atoms with E-state index >= 15 is 0 Å². The quantitative estimate of drug-likeness (QED) is 0.154. The predicted octanol–water partition coefficient (Wildman–Crippen LogP) is 14.2. The van der Waals surface area contributed by atoms with Crippen LogP contribution in [0.5, 0.6) is 0 Å². The van der Waals surface area contributed by atoms with Crippen molar-refractivity contribution in [1.29, 1.82) is 5.41 Å². The molecule has 8 aromatic carbocycles. The lowest BCUT2D eigenvalue weighted by Crippen LogP contribution is -2.16. The number of hydrogen-bond donors (Lipinski definition) is 1. The summed E-state index contributed by atoms with van der Waals surface area (Å²) >= 11 is 0. The number of fused-ring (bicyclic) bond motifs is 5. The second kappa shape index (κ2) is 14.8. The normalized spacial score (nSPS) is 13.2. The maximum atomic E-state index is 8.97.